The van der Waals surface area contributed by atoms with Gasteiger partial charge in [0.15, 0.2) is 11.0 Å². The maximum Gasteiger partial charge on any atom is 0.250 e. The number of ether oxygens (including phenoxy) is 1. The van der Waals surface area contributed by atoms with Crippen LogP contribution in [-0.2, 0) is 4.79 Å². The summed E-state index contributed by atoms with van der Waals surface area (Å²) in [5.41, 5.74) is 6.31. The highest BCUT2D eigenvalue weighted by atomic mass is 35.5. The van der Waals surface area contributed by atoms with Crippen LogP contribution < -0.4 is 10.2 Å². The Morgan fingerprint density at radius 1 is 1.09 bits per heavy atom. The van der Waals surface area contributed by atoms with E-state index in [2.05, 4.69) is 20.7 Å². The number of carbonyl (C=O) groups is 1. The van der Waals surface area contributed by atoms with E-state index in [1.54, 1.807) is 18.3 Å². The zero-order valence-corrected chi connectivity index (χ0v) is 20.9. The lowest BCUT2D eigenvalue weighted by Gasteiger charge is -2.11. The number of aromatic nitrogens is 3. The van der Waals surface area contributed by atoms with E-state index < -0.39 is 0 Å². The SMILES string of the molecule is CCOc1ccc(-n2c(SCC(=O)NN=Cc3ccccc3C)nnc2-c2ccc(Cl)cc2)cc1. The summed E-state index contributed by atoms with van der Waals surface area (Å²) in [4.78, 5) is 12.4. The predicted octanol–water partition coefficient (Wildman–Crippen LogP) is 5.54. The van der Waals surface area contributed by atoms with Crippen LogP contribution in [0.1, 0.15) is 18.1 Å². The summed E-state index contributed by atoms with van der Waals surface area (Å²) in [5.74, 6) is 1.30. The highest BCUT2D eigenvalue weighted by molar-refractivity contribution is 7.99. The average Bonchev–Trinajstić information content (AvgIpc) is 3.29. The van der Waals surface area contributed by atoms with Gasteiger partial charge in [0, 0.05) is 16.3 Å². The van der Waals surface area contributed by atoms with E-state index in [-0.39, 0.29) is 11.7 Å². The molecule has 9 heteroatoms. The van der Waals surface area contributed by atoms with Gasteiger partial charge < -0.3 is 4.74 Å². The molecule has 3 aromatic carbocycles. The van der Waals surface area contributed by atoms with Crippen LogP contribution in [0, 0.1) is 6.92 Å². The Morgan fingerprint density at radius 2 is 1.83 bits per heavy atom. The summed E-state index contributed by atoms with van der Waals surface area (Å²) in [7, 11) is 0. The Labute approximate surface area is 213 Å². The predicted molar refractivity (Wildman–Crippen MR) is 141 cm³/mol. The van der Waals surface area contributed by atoms with E-state index in [9.17, 15) is 4.79 Å². The number of hydrogen-bond acceptors (Lipinski definition) is 6. The van der Waals surface area contributed by atoms with Gasteiger partial charge in [-0.15, -0.1) is 10.2 Å². The summed E-state index contributed by atoms with van der Waals surface area (Å²) < 4.78 is 7.48. The standard InChI is InChI=1S/C26H24ClN5O2S/c1-3-34-23-14-12-22(13-15-23)32-25(19-8-10-21(27)11-9-19)30-31-26(32)35-17-24(33)29-28-16-20-7-5-4-6-18(20)2/h4-16H,3,17H2,1-2H3,(H,29,33). The van der Waals surface area contributed by atoms with Crippen molar-refractivity contribution in [3.63, 3.8) is 0 Å². The van der Waals surface area contributed by atoms with Crippen molar-refractivity contribution in [3.05, 3.63) is 88.9 Å². The van der Waals surface area contributed by atoms with Crippen molar-refractivity contribution in [1.82, 2.24) is 20.2 Å². The van der Waals surface area contributed by atoms with Gasteiger partial charge in [0.25, 0.3) is 5.91 Å². The molecule has 0 spiro atoms. The molecule has 4 aromatic rings. The molecule has 178 valence electrons. The van der Waals surface area contributed by atoms with Gasteiger partial charge >= 0.3 is 0 Å². The number of benzene rings is 3. The van der Waals surface area contributed by atoms with Crippen LogP contribution in [0.25, 0.3) is 17.1 Å². The quantitative estimate of drug-likeness (QED) is 0.183. The van der Waals surface area contributed by atoms with Gasteiger partial charge in [0.2, 0.25) is 0 Å². The zero-order chi connectivity index (χ0) is 24.6. The fourth-order valence-corrected chi connectivity index (χ4v) is 4.18. The van der Waals surface area contributed by atoms with Gasteiger partial charge in [-0.3, -0.25) is 9.36 Å². The van der Waals surface area contributed by atoms with Crippen molar-refractivity contribution >= 4 is 35.5 Å². The van der Waals surface area contributed by atoms with Crippen LogP contribution in [0.3, 0.4) is 0 Å². The minimum Gasteiger partial charge on any atom is -0.494 e. The van der Waals surface area contributed by atoms with Crippen LogP contribution in [0.5, 0.6) is 5.75 Å². The van der Waals surface area contributed by atoms with E-state index in [4.69, 9.17) is 16.3 Å². The molecule has 4 rings (SSSR count). The molecule has 1 heterocycles. The lowest BCUT2D eigenvalue weighted by molar-refractivity contribution is -0.118. The topological polar surface area (TPSA) is 81.4 Å². The molecule has 0 saturated carbocycles. The molecule has 35 heavy (non-hydrogen) atoms. The summed E-state index contributed by atoms with van der Waals surface area (Å²) in [6, 6.07) is 22.9. The van der Waals surface area contributed by atoms with Crippen molar-refractivity contribution in [1.29, 1.82) is 0 Å². The highest BCUT2D eigenvalue weighted by Crippen LogP contribution is 2.29. The van der Waals surface area contributed by atoms with Gasteiger partial charge in [-0.2, -0.15) is 5.10 Å². The Bertz CT molecular complexity index is 1320. The van der Waals surface area contributed by atoms with Gasteiger partial charge in [0.05, 0.1) is 18.6 Å². The molecule has 0 atom stereocenters. The third-order valence-electron chi connectivity index (χ3n) is 5.06. The van der Waals surface area contributed by atoms with E-state index in [1.807, 2.05) is 79.1 Å². The molecule has 0 aliphatic carbocycles. The van der Waals surface area contributed by atoms with Crippen LogP contribution in [0.2, 0.25) is 5.02 Å². The number of hydrazone groups is 1. The van der Waals surface area contributed by atoms with Crippen molar-refractivity contribution < 1.29 is 9.53 Å². The fraction of sp³-hybridized carbons (Fsp3) is 0.154. The normalized spacial score (nSPS) is 11.1. The molecular formula is C26H24ClN5O2S. The summed E-state index contributed by atoms with van der Waals surface area (Å²) in [6.07, 6.45) is 1.64. The molecule has 7 nitrogen and oxygen atoms in total. The summed E-state index contributed by atoms with van der Waals surface area (Å²) >= 11 is 7.34. The molecule has 0 fully saturated rings. The number of halogens is 1. The lowest BCUT2D eigenvalue weighted by Crippen LogP contribution is -2.20. The molecule has 1 amide bonds. The van der Waals surface area contributed by atoms with Crippen molar-refractivity contribution in [2.24, 2.45) is 5.10 Å². The number of nitrogens with one attached hydrogen (secondary N) is 1. The number of amides is 1. The number of rotatable bonds is 9. The van der Waals surface area contributed by atoms with E-state index >= 15 is 0 Å². The minimum atomic E-state index is -0.242. The van der Waals surface area contributed by atoms with Crippen molar-refractivity contribution in [2.75, 3.05) is 12.4 Å². The Balaban J connectivity index is 1.53. The average molecular weight is 506 g/mol. The van der Waals surface area contributed by atoms with Gasteiger partial charge in [0.1, 0.15) is 5.75 Å². The fourth-order valence-electron chi connectivity index (χ4n) is 3.31. The summed E-state index contributed by atoms with van der Waals surface area (Å²) in [6.45, 7) is 4.52. The number of carbonyl (C=O) groups excluding carboxylic acids is 1. The molecule has 0 unspecified atom stereocenters. The monoisotopic (exact) mass is 505 g/mol. The van der Waals surface area contributed by atoms with Crippen LogP contribution in [0.15, 0.2) is 83.1 Å². The lowest BCUT2D eigenvalue weighted by atomic mass is 10.1. The molecular weight excluding hydrogens is 482 g/mol. The van der Waals surface area contributed by atoms with Crippen LogP contribution in [-0.4, -0.2) is 39.2 Å². The van der Waals surface area contributed by atoms with Gasteiger partial charge in [-0.25, -0.2) is 5.43 Å². The second-order valence-electron chi connectivity index (χ2n) is 7.51. The first kappa shape index (κ1) is 24.5. The first-order valence-corrected chi connectivity index (χ1v) is 12.4. The zero-order valence-electron chi connectivity index (χ0n) is 19.3. The number of thioether (sulfide) groups is 1. The minimum absolute atomic E-state index is 0.126. The number of nitrogens with zero attached hydrogens (tertiary/aromatic N) is 4. The summed E-state index contributed by atoms with van der Waals surface area (Å²) in [5, 5.41) is 14.0. The molecule has 1 aromatic heterocycles. The Hall–Kier alpha value is -3.62. The largest absolute Gasteiger partial charge is 0.494 e. The third kappa shape index (κ3) is 6.29. The van der Waals surface area contributed by atoms with Crippen LogP contribution in [0.4, 0.5) is 0 Å². The van der Waals surface area contributed by atoms with Crippen molar-refractivity contribution in [2.45, 2.75) is 19.0 Å². The Kier molecular flexibility index (Phi) is 8.18. The maximum absolute atomic E-state index is 12.4. The maximum atomic E-state index is 12.4. The first-order chi connectivity index (χ1) is 17.0. The Morgan fingerprint density at radius 3 is 2.54 bits per heavy atom. The smallest absolute Gasteiger partial charge is 0.250 e. The number of hydrogen-bond donors (Lipinski definition) is 1. The molecule has 0 bridgehead atoms. The molecule has 0 radical (unpaired) electrons. The second-order valence-corrected chi connectivity index (χ2v) is 8.89. The van der Waals surface area contributed by atoms with E-state index in [1.165, 1.54) is 11.8 Å². The van der Waals surface area contributed by atoms with Gasteiger partial charge in [-0.05, 0) is 73.5 Å². The highest BCUT2D eigenvalue weighted by Gasteiger charge is 2.17. The molecule has 1 N–H and O–H groups in total. The van der Waals surface area contributed by atoms with E-state index in [0.717, 1.165) is 28.1 Å². The van der Waals surface area contributed by atoms with Crippen LogP contribution >= 0.6 is 23.4 Å². The molecule has 0 aliphatic heterocycles. The van der Waals surface area contributed by atoms with E-state index in [0.29, 0.717) is 22.6 Å². The molecule has 0 aliphatic rings. The molecule has 0 saturated heterocycles. The first-order valence-electron chi connectivity index (χ1n) is 11.0. The second kappa shape index (κ2) is 11.7. The number of aryl methyl sites for hydroxylation is 1. The third-order valence-corrected chi connectivity index (χ3v) is 6.24. The van der Waals surface area contributed by atoms with Crippen molar-refractivity contribution in [3.8, 4) is 22.8 Å². The van der Waals surface area contributed by atoms with Gasteiger partial charge in [-0.1, -0.05) is 47.6 Å².